The summed E-state index contributed by atoms with van der Waals surface area (Å²) in [6.07, 6.45) is -2.71. The summed E-state index contributed by atoms with van der Waals surface area (Å²) >= 11 is 0. The highest BCUT2D eigenvalue weighted by Crippen LogP contribution is 2.26. The molecule has 0 aliphatic rings. The van der Waals surface area contributed by atoms with E-state index < -0.39 is 12.2 Å². The van der Waals surface area contributed by atoms with E-state index in [1.165, 1.54) is 5.56 Å². The lowest BCUT2D eigenvalue weighted by molar-refractivity contribution is 0.141. The number of aromatic nitrogens is 2. The maximum Gasteiger partial charge on any atom is 0.297 e. The first-order valence-corrected chi connectivity index (χ1v) is 9.21. The quantitative estimate of drug-likeness (QED) is 0.602. The van der Waals surface area contributed by atoms with E-state index in [4.69, 9.17) is 0 Å². The fourth-order valence-corrected chi connectivity index (χ4v) is 3.32. The number of hydrogen-bond acceptors (Lipinski definition) is 4. The first kappa shape index (κ1) is 19.2. The van der Waals surface area contributed by atoms with Crippen LogP contribution in [0.15, 0.2) is 54.6 Å². The molecule has 0 radical (unpaired) electrons. The standard InChI is InChI=1S/C21H24F2N4/c1-3-27(4-2)18(15-10-6-5-7-11-15)14-24-20-16-12-8-9-13-17(16)25-21(26-20)19(22)23/h5-13,18-19H,3-4,14H2,1-2H3,(H,24,25,26). The van der Waals surface area contributed by atoms with Gasteiger partial charge in [0.25, 0.3) is 6.43 Å². The summed E-state index contributed by atoms with van der Waals surface area (Å²) in [5.41, 5.74) is 1.70. The Kier molecular flexibility index (Phi) is 6.29. The monoisotopic (exact) mass is 370 g/mol. The number of rotatable bonds is 8. The summed E-state index contributed by atoms with van der Waals surface area (Å²) in [5.74, 6) is -0.000660. The van der Waals surface area contributed by atoms with Gasteiger partial charge in [-0.3, -0.25) is 4.90 Å². The minimum Gasteiger partial charge on any atom is -0.368 e. The molecular weight excluding hydrogens is 346 g/mol. The molecular formula is C21H24F2N4. The molecule has 0 amide bonds. The summed E-state index contributed by atoms with van der Waals surface area (Å²) < 4.78 is 26.4. The summed E-state index contributed by atoms with van der Waals surface area (Å²) in [5, 5.41) is 4.05. The Morgan fingerprint density at radius 2 is 1.59 bits per heavy atom. The summed E-state index contributed by atoms with van der Waals surface area (Å²) in [4.78, 5) is 10.4. The Hall–Kier alpha value is -2.60. The number of anilines is 1. The lowest BCUT2D eigenvalue weighted by Crippen LogP contribution is -2.33. The van der Waals surface area contributed by atoms with Gasteiger partial charge in [-0.1, -0.05) is 56.3 Å². The molecule has 142 valence electrons. The van der Waals surface area contributed by atoms with E-state index >= 15 is 0 Å². The number of alkyl halides is 2. The average Bonchev–Trinajstić information content (AvgIpc) is 2.71. The van der Waals surface area contributed by atoms with Gasteiger partial charge in [-0.25, -0.2) is 18.7 Å². The Balaban J connectivity index is 1.93. The van der Waals surface area contributed by atoms with Crippen LogP contribution in [0.3, 0.4) is 0 Å². The van der Waals surface area contributed by atoms with Gasteiger partial charge in [0.15, 0.2) is 5.82 Å². The number of nitrogens with zero attached hydrogens (tertiary/aromatic N) is 3. The molecule has 0 fully saturated rings. The maximum absolute atomic E-state index is 13.2. The smallest absolute Gasteiger partial charge is 0.297 e. The van der Waals surface area contributed by atoms with Crippen LogP contribution in [-0.4, -0.2) is 34.5 Å². The van der Waals surface area contributed by atoms with E-state index in [0.717, 1.165) is 18.5 Å². The number of halogens is 2. The van der Waals surface area contributed by atoms with Gasteiger partial charge in [0.2, 0.25) is 0 Å². The van der Waals surface area contributed by atoms with E-state index in [9.17, 15) is 8.78 Å². The van der Waals surface area contributed by atoms with Crippen LogP contribution in [0.4, 0.5) is 14.6 Å². The van der Waals surface area contributed by atoms with Crippen molar-refractivity contribution in [2.75, 3.05) is 25.0 Å². The summed E-state index contributed by atoms with van der Waals surface area (Å²) in [6, 6.07) is 17.5. The minimum atomic E-state index is -2.71. The number of fused-ring (bicyclic) bond motifs is 1. The van der Waals surface area contributed by atoms with Gasteiger partial charge in [0, 0.05) is 11.9 Å². The van der Waals surface area contributed by atoms with Crippen LogP contribution in [0.5, 0.6) is 0 Å². The zero-order chi connectivity index (χ0) is 19.2. The van der Waals surface area contributed by atoms with Gasteiger partial charge in [-0.05, 0) is 30.8 Å². The van der Waals surface area contributed by atoms with E-state index in [1.54, 1.807) is 12.1 Å². The predicted molar refractivity (Wildman–Crippen MR) is 105 cm³/mol. The van der Waals surface area contributed by atoms with Crippen LogP contribution in [-0.2, 0) is 0 Å². The minimum absolute atomic E-state index is 0.116. The summed E-state index contributed by atoms with van der Waals surface area (Å²) in [7, 11) is 0. The Bertz CT molecular complexity index is 866. The Labute approximate surface area is 158 Å². The van der Waals surface area contributed by atoms with Gasteiger partial charge in [0.05, 0.1) is 11.6 Å². The molecule has 6 heteroatoms. The second kappa shape index (κ2) is 8.86. The Morgan fingerprint density at radius 1 is 0.926 bits per heavy atom. The molecule has 0 aliphatic carbocycles. The number of likely N-dealkylation sites (N-methyl/N-ethyl adjacent to an activating group) is 1. The normalized spacial score (nSPS) is 12.7. The second-order valence-corrected chi connectivity index (χ2v) is 6.28. The maximum atomic E-state index is 13.2. The van der Waals surface area contributed by atoms with Crippen molar-refractivity contribution in [3.05, 3.63) is 66.0 Å². The summed E-state index contributed by atoms with van der Waals surface area (Å²) in [6.45, 7) is 6.59. The van der Waals surface area contributed by atoms with Crippen molar-refractivity contribution < 1.29 is 8.78 Å². The van der Waals surface area contributed by atoms with Crippen molar-refractivity contribution in [1.82, 2.24) is 14.9 Å². The molecule has 1 aromatic heterocycles. The number of benzene rings is 2. The van der Waals surface area contributed by atoms with Gasteiger partial charge in [0.1, 0.15) is 5.82 Å². The molecule has 1 N–H and O–H groups in total. The lowest BCUT2D eigenvalue weighted by atomic mass is 10.0. The molecule has 2 aromatic carbocycles. The van der Waals surface area contributed by atoms with Gasteiger partial charge in [-0.2, -0.15) is 0 Å². The second-order valence-electron chi connectivity index (χ2n) is 6.28. The fourth-order valence-electron chi connectivity index (χ4n) is 3.32. The van der Waals surface area contributed by atoms with E-state index in [1.807, 2.05) is 30.3 Å². The largest absolute Gasteiger partial charge is 0.368 e. The fraction of sp³-hybridized carbons (Fsp3) is 0.333. The molecule has 0 bridgehead atoms. The molecule has 0 saturated heterocycles. The van der Waals surface area contributed by atoms with Crippen molar-refractivity contribution in [2.24, 2.45) is 0 Å². The number of hydrogen-bond donors (Lipinski definition) is 1. The number of nitrogens with one attached hydrogen (secondary N) is 1. The molecule has 3 aromatic rings. The first-order valence-electron chi connectivity index (χ1n) is 9.21. The van der Waals surface area contributed by atoms with Crippen molar-refractivity contribution in [2.45, 2.75) is 26.3 Å². The predicted octanol–water partition coefficient (Wildman–Crippen LogP) is 5.06. The van der Waals surface area contributed by atoms with Crippen LogP contribution >= 0.6 is 0 Å². The number of para-hydroxylation sites is 1. The van der Waals surface area contributed by atoms with Gasteiger partial charge < -0.3 is 5.32 Å². The highest BCUT2D eigenvalue weighted by Gasteiger charge is 2.20. The molecule has 0 aliphatic heterocycles. The zero-order valence-electron chi connectivity index (χ0n) is 15.6. The van der Waals surface area contributed by atoms with Gasteiger partial charge in [-0.15, -0.1) is 0 Å². The van der Waals surface area contributed by atoms with Crippen molar-refractivity contribution in [3.63, 3.8) is 0 Å². The molecule has 0 spiro atoms. The molecule has 4 nitrogen and oxygen atoms in total. The SMILES string of the molecule is CCN(CC)C(CNc1nc(C(F)F)nc2ccccc12)c1ccccc1. The average molecular weight is 370 g/mol. The molecule has 3 rings (SSSR count). The zero-order valence-corrected chi connectivity index (χ0v) is 15.6. The molecule has 1 atom stereocenters. The van der Waals surface area contributed by atoms with Crippen molar-refractivity contribution >= 4 is 16.7 Å². The van der Waals surface area contributed by atoms with Crippen molar-refractivity contribution in [3.8, 4) is 0 Å². The van der Waals surface area contributed by atoms with Crippen LogP contribution in [0.1, 0.15) is 37.7 Å². The van der Waals surface area contributed by atoms with E-state index in [0.29, 0.717) is 17.9 Å². The first-order chi connectivity index (χ1) is 13.1. The topological polar surface area (TPSA) is 41.0 Å². The third-order valence-electron chi connectivity index (χ3n) is 4.72. The third kappa shape index (κ3) is 4.39. The van der Waals surface area contributed by atoms with E-state index in [2.05, 4.69) is 46.2 Å². The third-order valence-corrected chi connectivity index (χ3v) is 4.72. The van der Waals surface area contributed by atoms with Crippen LogP contribution in [0.2, 0.25) is 0 Å². The lowest BCUT2D eigenvalue weighted by Gasteiger charge is -2.30. The molecule has 0 saturated carbocycles. The highest BCUT2D eigenvalue weighted by atomic mass is 19.3. The van der Waals surface area contributed by atoms with Gasteiger partial charge >= 0.3 is 0 Å². The highest BCUT2D eigenvalue weighted by molar-refractivity contribution is 5.89. The van der Waals surface area contributed by atoms with Crippen LogP contribution < -0.4 is 5.32 Å². The van der Waals surface area contributed by atoms with Crippen molar-refractivity contribution in [1.29, 1.82) is 0 Å². The molecule has 1 heterocycles. The Morgan fingerprint density at radius 3 is 2.26 bits per heavy atom. The molecule has 1 unspecified atom stereocenters. The van der Waals surface area contributed by atoms with Crippen LogP contribution in [0.25, 0.3) is 10.9 Å². The molecule has 27 heavy (non-hydrogen) atoms. The van der Waals surface area contributed by atoms with E-state index in [-0.39, 0.29) is 6.04 Å². The van der Waals surface area contributed by atoms with Crippen LogP contribution in [0, 0.1) is 0 Å².